The van der Waals surface area contributed by atoms with Crippen LogP contribution < -0.4 is 14.8 Å². The molecule has 1 aliphatic heterocycles. The van der Waals surface area contributed by atoms with Crippen molar-refractivity contribution in [1.29, 1.82) is 0 Å². The highest BCUT2D eigenvalue weighted by atomic mass is 16.5. The molecule has 0 aromatic heterocycles. The van der Waals surface area contributed by atoms with Crippen molar-refractivity contribution in [3.8, 4) is 11.5 Å². The van der Waals surface area contributed by atoms with Gasteiger partial charge in [0.1, 0.15) is 11.5 Å². The van der Waals surface area contributed by atoms with Gasteiger partial charge < -0.3 is 14.8 Å². The van der Waals surface area contributed by atoms with Gasteiger partial charge in [0.05, 0.1) is 14.2 Å². The number of hydrogen-bond donors (Lipinski definition) is 1. The van der Waals surface area contributed by atoms with Crippen LogP contribution in [0.1, 0.15) is 17.0 Å². The van der Waals surface area contributed by atoms with Gasteiger partial charge in [0.15, 0.2) is 0 Å². The van der Waals surface area contributed by atoms with Gasteiger partial charge in [0.25, 0.3) is 0 Å². The molecular formula is C16H17NO2. The van der Waals surface area contributed by atoms with Crippen LogP contribution >= 0.6 is 0 Å². The highest BCUT2D eigenvalue weighted by Gasteiger charge is 2.25. The van der Waals surface area contributed by atoms with Crippen molar-refractivity contribution >= 4 is 5.69 Å². The third-order valence-corrected chi connectivity index (χ3v) is 3.65. The van der Waals surface area contributed by atoms with E-state index in [0.717, 1.165) is 18.0 Å². The Labute approximate surface area is 113 Å². The van der Waals surface area contributed by atoms with Crippen LogP contribution in [-0.2, 0) is 0 Å². The van der Waals surface area contributed by atoms with Crippen LogP contribution in [0.4, 0.5) is 5.69 Å². The summed E-state index contributed by atoms with van der Waals surface area (Å²) in [5.41, 5.74) is 3.73. The fraction of sp³-hybridized carbons (Fsp3) is 0.250. The molecule has 19 heavy (non-hydrogen) atoms. The summed E-state index contributed by atoms with van der Waals surface area (Å²) in [6, 6.07) is 14.4. The Bertz CT molecular complexity index is 595. The first kappa shape index (κ1) is 11.9. The Morgan fingerprint density at radius 1 is 1.00 bits per heavy atom. The predicted molar refractivity (Wildman–Crippen MR) is 76.3 cm³/mol. The summed E-state index contributed by atoms with van der Waals surface area (Å²) in [7, 11) is 3.37. The smallest absolute Gasteiger partial charge is 0.126 e. The molecule has 98 valence electrons. The molecule has 0 fully saturated rings. The lowest BCUT2D eigenvalue weighted by molar-refractivity contribution is 0.390. The van der Waals surface area contributed by atoms with Gasteiger partial charge in [-0.05, 0) is 17.7 Å². The van der Waals surface area contributed by atoms with E-state index < -0.39 is 0 Å². The molecule has 0 bridgehead atoms. The third-order valence-electron chi connectivity index (χ3n) is 3.65. The molecular weight excluding hydrogens is 238 g/mol. The van der Waals surface area contributed by atoms with E-state index in [0.29, 0.717) is 5.92 Å². The second kappa shape index (κ2) is 4.84. The summed E-state index contributed by atoms with van der Waals surface area (Å²) in [6.07, 6.45) is 0. The van der Waals surface area contributed by atoms with Crippen LogP contribution in [0.5, 0.6) is 11.5 Å². The molecule has 0 saturated heterocycles. The zero-order valence-corrected chi connectivity index (χ0v) is 11.1. The van der Waals surface area contributed by atoms with Crippen molar-refractivity contribution in [3.05, 3.63) is 53.6 Å². The summed E-state index contributed by atoms with van der Waals surface area (Å²) in [6.45, 7) is 0.905. The molecule has 1 aliphatic rings. The van der Waals surface area contributed by atoms with E-state index in [1.807, 2.05) is 12.1 Å². The Morgan fingerprint density at radius 3 is 2.63 bits per heavy atom. The van der Waals surface area contributed by atoms with E-state index in [4.69, 9.17) is 9.47 Å². The van der Waals surface area contributed by atoms with Gasteiger partial charge in [-0.3, -0.25) is 0 Å². The Balaban J connectivity index is 2.04. The van der Waals surface area contributed by atoms with Crippen molar-refractivity contribution in [2.24, 2.45) is 0 Å². The van der Waals surface area contributed by atoms with Crippen LogP contribution in [0.2, 0.25) is 0 Å². The Morgan fingerprint density at radius 2 is 1.84 bits per heavy atom. The minimum Gasteiger partial charge on any atom is -0.497 e. The lowest BCUT2D eigenvalue weighted by Gasteiger charge is -2.16. The lowest BCUT2D eigenvalue weighted by atomic mass is 9.92. The Kier molecular flexibility index (Phi) is 3.03. The van der Waals surface area contributed by atoms with Crippen LogP contribution in [0.3, 0.4) is 0 Å². The first-order valence-corrected chi connectivity index (χ1v) is 6.38. The normalized spacial score (nSPS) is 16.6. The maximum absolute atomic E-state index is 5.51. The number of ether oxygens (including phenoxy) is 2. The van der Waals surface area contributed by atoms with Gasteiger partial charge in [-0.1, -0.05) is 24.3 Å². The molecule has 3 rings (SSSR count). The van der Waals surface area contributed by atoms with Crippen molar-refractivity contribution in [2.45, 2.75) is 5.92 Å². The number of benzene rings is 2. The number of hydrogen-bond acceptors (Lipinski definition) is 3. The van der Waals surface area contributed by atoms with E-state index in [1.54, 1.807) is 14.2 Å². The molecule has 0 spiro atoms. The molecule has 1 unspecified atom stereocenters. The minimum atomic E-state index is 0.331. The largest absolute Gasteiger partial charge is 0.497 e. The molecule has 0 aliphatic carbocycles. The van der Waals surface area contributed by atoms with E-state index >= 15 is 0 Å². The molecule has 1 heterocycles. The quantitative estimate of drug-likeness (QED) is 0.913. The predicted octanol–water partition coefficient (Wildman–Crippen LogP) is 3.26. The van der Waals surface area contributed by atoms with Crippen molar-refractivity contribution in [2.75, 3.05) is 26.1 Å². The zero-order chi connectivity index (χ0) is 13.2. The second-order valence-electron chi connectivity index (χ2n) is 4.63. The molecule has 1 N–H and O–H groups in total. The number of fused-ring (bicyclic) bond motifs is 1. The van der Waals surface area contributed by atoms with E-state index in [-0.39, 0.29) is 0 Å². The van der Waals surface area contributed by atoms with E-state index in [9.17, 15) is 0 Å². The molecule has 0 amide bonds. The van der Waals surface area contributed by atoms with Gasteiger partial charge in [0.2, 0.25) is 0 Å². The lowest BCUT2D eigenvalue weighted by Crippen LogP contribution is -2.05. The first-order valence-electron chi connectivity index (χ1n) is 6.38. The third kappa shape index (κ3) is 2.01. The van der Waals surface area contributed by atoms with E-state index in [1.165, 1.54) is 16.8 Å². The summed E-state index contributed by atoms with van der Waals surface area (Å²) in [5.74, 6) is 2.03. The zero-order valence-electron chi connectivity index (χ0n) is 11.1. The molecule has 2 aromatic carbocycles. The Hall–Kier alpha value is -2.16. The fourth-order valence-electron chi connectivity index (χ4n) is 2.67. The summed E-state index contributed by atoms with van der Waals surface area (Å²) in [4.78, 5) is 0. The summed E-state index contributed by atoms with van der Waals surface area (Å²) in [5, 5.41) is 3.44. The van der Waals surface area contributed by atoms with Crippen LogP contribution in [0.15, 0.2) is 42.5 Å². The van der Waals surface area contributed by atoms with Crippen molar-refractivity contribution in [3.63, 3.8) is 0 Å². The molecule has 2 aromatic rings. The van der Waals surface area contributed by atoms with Crippen molar-refractivity contribution in [1.82, 2.24) is 0 Å². The molecule has 0 radical (unpaired) electrons. The maximum Gasteiger partial charge on any atom is 0.126 e. The topological polar surface area (TPSA) is 30.5 Å². The van der Waals surface area contributed by atoms with Gasteiger partial charge in [-0.15, -0.1) is 0 Å². The van der Waals surface area contributed by atoms with Gasteiger partial charge in [-0.2, -0.15) is 0 Å². The fourth-order valence-corrected chi connectivity index (χ4v) is 2.67. The molecule has 1 atom stereocenters. The average molecular weight is 255 g/mol. The van der Waals surface area contributed by atoms with Crippen LogP contribution in [-0.4, -0.2) is 20.8 Å². The molecule has 0 saturated carbocycles. The number of nitrogens with one attached hydrogen (secondary N) is 1. The second-order valence-corrected chi connectivity index (χ2v) is 4.63. The molecule has 3 heteroatoms. The SMILES string of the molecule is COc1ccc(C2CNc3ccccc32)c(OC)c1. The maximum atomic E-state index is 5.51. The van der Waals surface area contributed by atoms with Gasteiger partial charge in [-0.25, -0.2) is 0 Å². The van der Waals surface area contributed by atoms with Crippen LogP contribution in [0.25, 0.3) is 0 Å². The summed E-state index contributed by atoms with van der Waals surface area (Å²) < 4.78 is 10.8. The minimum absolute atomic E-state index is 0.331. The first-order chi connectivity index (χ1) is 9.33. The van der Waals surface area contributed by atoms with Gasteiger partial charge in [0, 0.05) is 29.8 Å². The number of methoxy groups -OCH3 is 2. The highest BCUT2D eigenvalue weighted by Crippen LogP contribution is 2.40. The van der Waals surface area contributed by atoms with Crippen molar-refractivity contribution < 1.29 is 9.47 Å². The van der Waals surface area contributed by atoms with Gasteiger partial charge >= 0.3 is 0 Å². The average Bonchev–Trinajstić information content (AvgIpc) is 2.90. The van der Waals surface area contributed by atoms with Crippen LogP contribution in [0, 0.1) is 0 Å². The monoisotopic (exact) mass is 255 g/mol. The molecule has 3 nitrogen and oxygen atoms in total. The number of para-hydroxylation sites is 1. The standard InChI is InChI=1S/C16H17NO2/c1-18-11-7-8-13(16(9-11)19-2)14-10-17-15-6-4-3-5-12(14)15/h3-9,14,17H,10H2,1-2H3. The summed E-state index contributed by atoms with van der Waals surface area (Å²) >= 11 is 0. The number of anilines is 1. The number of rotatable bonds is 3. The van der Waals surface area contributed by atoms with E-state index in [2.05, 4.69) is 35.6 Å². The highest BCUT2D eigenvalue weighted by molar-refractivity contribution is 5.62.